The molecule has 1 saturated heterocycles. The molecule has 1 fully saturated rings. The number of pyridine rings is 1. The van der Waals surface area contributed by atoms with E-state index >= 15 is 0 Å². The van der Waals surface area contributed by atoms with Crippen molar-refractivity contribution in [2.75, 3.05) is 20.2 Å². The summed E-state index contributed by atoms with van der Waals surface area (Å²) in [4.78, 5) is 6.80. The molecule has 2 aliphatic rings. The van der Waals surface area contributed by atoms with Crippen LogP contribution in [-0.2, 0) is 19.3 Å². The summed E-state index contributed by atoms with van der Waals surface area (Å²) in [5.41, 5.74) is 7.01. The first-order valence-electron chi connectivity index (χ1n) is 11.5. The number of fused-ring (bicyclic) bond motifs is 2. The van der Waals surface area contributed by atoms with Gasteiger partial charge in [-0.15, -0.1) is 0 Å². The first-order valence-corrected chi connectivity index (χ1v) is 11.5. The highest BCUT2D eigenvalue weighted by Gasteiger charge is 2.30. The molecule has 2 aromatic carbocycles. The zero-order valence-corrected chi connectivity index (χ0v) is 18.5. The smallest absolute Gasteiger partial charge is 0.218 e. The van der Waals surface area contributed by atoms with E-state index in [-0.39, 0.29) is 12.5 Å². The molecule has 1 aliphatic carbocycles. The first-order chi connectivity index (χ1) is 15.6. The van der Waals surface area contributed by atoms with Crippen LogP contribution in [0.5, 0.6) is 5.88 Å². The van der Waals surface area contributed by atoms with E-state index in [0.717, 1.165) is 29.3 Å². The monoisotopic (exact) mass is 429 g/mol. The number of hydrogen-bond donors (Lipinski definition) is 0. The van der Waals surface area contributed by atoms with Gasteiger partial charge in [0.05, 0.1) is 18.0 Å². The number of nitriles is 1. The van der Waals surface area contributed by atoms with Crippen molar-refractivity contribution >= 4 is 10.9 Å². The molecule has 0 saturated carbocycles. The van der Waals surface area contributed by atoms with Crippen molar-refractivity contribution in [2.24, 2.45) is 0 Å². The first kappa shape index (κ1) is 20.9. The Morgan fingerprint density at radius 2 is 2.06 bits per heavy atom. The summed E-state index contributed by atoms with van der Waals surface area (Å²) in [6.07, 6.45) is 4.67. The van der Waals surface area contributed by atoms with Gasteiger partial charge in [0.15, 0.2) is 0 Å². The number of aryl methyl sites for hydroxylation is 1. The van der Waals surface area contributed by atoms with Gasteiger partial charge in [0.1, 0.15) is 12.8 Å². The number of likely N-dealkylation sites (tertiary alicyclic amines) is 1. The van der Waals surface area contributed by atoms with E-state index in [2.05, 4.69) is 42.5 Å². The van der Waals surface area contributed by atoms with E-state index in [0.29, 0.717) is 25.5 Å². The normalized spacial score (nSPS) is 20.8. The Balaban J connectivity index is 1.49. The van der Waals surface area contributed by atoms with E-state index in [1.807, 2.05) is 18.0 Å². The van der Waals surface area contributed by atoms with Crippen LogP contribution >= 0.6 is 0 Å². The average Bonchev–Trinajstić information content (AvgIpc) is 3.14. The SMILES string of the molecule is CN1C[C@H](F)C[C@H]1COc1nc2cc(-c3cccc4c3CCCC4)ccc2cc1CC#N. The van der Waals surface area contributed by atoms with Gasteiger partial charge in [-0.2, -0.15) is 5.26 Å². The van der Waals surface area contributed by atoms with Crippen molar-refractivity contribution in [1.29, 1.82) is 5.26 Å². The molecule has 1 aliphatic heterocycles. The minimum atomic E-state index is -0.809. The maximum atomic E-state index is 13.7. The highest BCUT2D eigenvalue weighted by Crippen LogP contribution is 2.34. The van der Waals surface area contributed by atoms with Crippen molar-refractivity contribution in [1.82, 2.24) is 9.88 Å². The molecule has 5 rings (SSSR count). The summed E-state index contributed by atoms with van der Waals surface area (Å²) in [6.45, 7) is 0.814. The molecule has 3 aromatic rings. The number of aromatic nitrogens is 1. The van der Waals surface area contributed by atoms with Gasteiger partial charge in [0.2, 0.25) is 5.88 Å². The van der Waals surface area contributed by atoms with Crippen LogP contribution in [0.15, 0.2) is 42.5 Å². The summed E-state index contributed by atoms with van der Waals surface area (Å²) >= 11 is 0. The number of ether oxygens (including phenoxy) is 1. The Hall–Kier alpha value is -2.97. The van der Waals surface area contributed by atoms with Gasteiger partial charge >= 0.3 is 0 Å². The van der Waals surface area contributed by atoms with Crippen molar-refractivity contribution < 1.29 is 9.13 Å². The molecule has 1 aromatic heterocycles. The Kier molecular flexibility index (Phi) is 5.80. The lowest BCUT2D eigenvalue weighted by molar-refractivity contribution is 0.192. The summed E-state index contributed by atoms with van der Waals surface area (Å²) in [6, 6.07) is 17.2. The van der Waals surface area contributed by atoms with E-state index in [4.69, 9.17) is 9.72 Å². The van der Waals surface area contributed by atoms with E-state index in [9.17, 15) is 9.65 Å². The fraction of sp³-hybridized carbons (Fsp3) is 0.407. The summed E-state index contributed by atoms with van der Waals surface area (Å²) < 4.78 is 19.8. The molecule has 164 valence electrons. The number of benzene rings is 2. The lowest BCUT2D eigenvalue weighted by Crippen LogP contribution is -2.31. The Labute approximate surface area is 188 Å². The molecule has 5 heteroatoms. The highest BCUT2D eigenvalue weighted by atomic mass is 19.1. The van der Waals surface area contributed by atoms with Gasteiger partial charge in [0, 0.05) is 23.5 Å². The zero-order chi connectivity index (χ0) is 22.1. The van der Waals surface area contributed by atoms with Gasteiger partial charge < -0.3 is 4.74 Å². The van der Waals surface area contributed by atoms with Crippen molar-refractivity contribution in [3.05, 3.63) is 59.2 Å². The molecule has 0 unspecified atom stereocenters. The van der Waals surface area contributed by atoms with Gasteiger partial charge in [-0.25, -0.2) is 9.37 Å². The van der Waals surface area contributed by atoms with Crippen molar-refractivity contribution in [2.45, 2.75) is 50.7 Å². The number of nitrogens with zero attached hydrogens (tertiary/aromatic N) is 3. The lowest BCUT2D eigenvalue weighted by atomic mass is 9.86. The van der Waals surface area contributed by atoms with Crippen LogP contribution < -0.4 is 4.74 Å². The molecule has 0 spiro atoms. The van der Waals surface area contributed by atoms with Crippen LogP contribution in [0.3, 0.4) is 0 Å². The van der Waals surface area contributed by atoms with Crippen LogP contribution in [0.1, 0.15) is 36.0 Å². The van der Waals surface area contributed by atoms with Crippen molar-refractivity contribution in [3.8, 4) is 23.1 Å². The minimum Gasteiger partial charge on any atom is -0.476 e. The second kappa shape index (κ2) is 8.88. The van der Waals surface area contributed by atoms with E-state index in [1.54, 1.807) is 0 Å². The maximum Gasteiger partial charge on any atom is 0.218 e. The fourth-order valence-corrected chi connectivity index (χ4v) is 5.13. The molecule has 32 heavy (non-hydrogen) atoms. The minimum absolute atomic E-state index is 0.0274. The topological polar surface area (TPSA) is 49.1 Å². The standard InChI is InChI=1S/C27H28FN3O/c1-31-16-22(28)15-23(31)17-32-27-21(11-12-29)13-20-10-9-19(14-26(20)30-27)25-8-4-6-18-5-2-3-7-24(18)25/h4,6,8-10,13-14,22-23H,2-3,5,7,11,15-17H2,1H3/t22-,23+/m1/s1. The second-order valence-corrected chi connectivity index (χ2v) is 9.08. The molecular weight excluding hydrogens is 401 g/mol. The van der Waals surface area contributed by atoms with Gasteiger partial charge in [-0.05, 0) is 73.5 Å². The van der Waals surface area contributed by atoms with Crippen LogP contribution in [0.4, 0.5) is 4.39 Å². The quantitative estimate of drug-likeness (QED) is 0.555. The average molecular weight is 430 g/mol. The fourth-order valence-electron chi connectivity index (χ4n) is 5.13. The molecule has 0 amide bonds. The number of halogens is 1. The molecule has 0 bridgehead atoms. The lowest BCUT2D eigenvalue weighted by Gasteiger charge is -2.20. The van der Waals surface area contributed by atoms with E-state index in [1.165, 1.54) is 35.1 Å². The molecule has 2 atom stereocenters. The molecule has 0 radical (unpaired) electrons. The van der Waals surface area contributed by atoms with Gasteiger partial charge in [0.25, 0.3) is 0 Å². The van der Waals surface area contributed by atoms with Gasteiger partial charge in [-0.3, -0.25) is 4.90 Å². The molecular formula is C27H28FN3O. The van der Waals surface area contributed by atoms with Gasteiger partial charge in [-0.1, -0.05) is 30.3 Å². The van der Waals surface area contributed by atoms with Crippen LogP contribution in [0.25, 0.3) is 22.0 Å². The molecule has 0 N–H and O–H groups in total. The Morgan fingerprint density at radius 3 is 2.88 bits per heavy atom. The third-order valence-corrected chi connectivity index (χ3v) is 6.88. The summed E-state index contributed by atoms with van der Waals surface area (Å²) in [5.74, 6) is 0.488. The van der Waals surface area contributed by atoms with Crippen molar-refractivity contribution in [3.63, 3.8) is 0 Å². The number of likely N-dealkylation sites (N-methyl/N-ethyl adjacent to an activating group) is 1. The molecule has 2 heterocycles. The molecule has 4 nitrogen and oxygen atoms in total. The van der Waals surface area contributed by atoms with Crippen LogP contribution in [-0.4, -0.2) is 42.3 Å². The number of rotatable bonds is 5. The Morgan fingerprint density at radius 1 is 1.19 bits per heavy atom. The van der Waals surface area contributed by atoms with Crippen LogP contribution in [0, 0.1) is 11.3 Å². The predicted molar refractivity (Wildman–Crippen MR) is 125 cm³/mol. The summed E-state index contributed by atoms with van der Waals surface area (Å²) in [7, 11) is 1.92. The summed E-state index contributed by atoms with van der Waals surface area (Å²) in [5, 5.41) is 10.3. The largest absolute Gasteiger partial charge is 0.476 e. The van der Waals surface area contributed by atoms with Crippen LogP contribution in [0.2, 0.25) is 0 Å². The number of alkyl halides is 1. The maximum absolute atomic E-state index is 13.7. The number of hydrogen-bond acceptors (Lipinski definition) is 4. The third-order valence-electron chi connectivity index (χ3n) is 6.88. The zero-order valence-electron chi connectivity index (χ0n) is 18.5. The highest BCUT2D eigenvalue weighted by molar-refractivity contribution is 5.86. The Bertz CT molecular complexity index is 1190. The van der Waals surface area contributed by atoms with E-state index < -0.39 is 6.17 Å². The second-order valence-electron chi connectivity index (χ2n) is 9.08. The third kappa shape index (κ3) is 4.08. The predicted octanol–water partition coefficient (Wildman–Crippen LogP) is 5.27.